The summed E-state index contributed by atoms with van der Waals surface area (Å²) >= 11 is 6.03. The smallest absolute Gasteiger partial charge is 0.229 e. The molecule has 0 unspecified atom stereocenters. The second kappa shape index (κ2) is 8.14. The van der Waals surface area contributed by atoms with Crippen molar-refractivity contribution in [2.24, 2.45) is 0 Å². The Morgan fingerprint density at radius 2 is 1.67 bits per heavy atom. The molecule has 3 aromatic rings. The van der Waals surface area contributed by atoms with Gasteiger partial charge in [0, 0.05) is 28.5 Å². The largest absolute Gasteiger partial charge is 0.497 e. The van der Waals surface area contributed by atoms with E-state index in [4.69, 9.17) is 21.1 Å². The van der Waals surface area contributed by atoms with Crippen LogP contribution in [0.25, 0.3) is 0 Å². The molecule has 0 saturated heterocycles. The van der Waals surface area contributed by atoms with Gasteiger partial charge in [-0.2, -0.15) is 4.98 Å². The Morgan fingerprint density at radius 3 is 2.37 bits per heavy atom. The van der Waals surface area contributed by atoms with Crippen molar-refractivity contribution in [3.63, 3.8) is 0 Å². The summed E-state index contributed by atoms with van der Waals surface area (Å²) in [6.07, 6.45) is 0. The number of hydrogen-bond donors (Lipinski definition) is 2. The number of nitrogens with one attached hydrogen (secondary N) is 2. The Kier molecular flexibility index (Phi) is 5.66. The maximum atomic E-state index is 6.03. The molecule has 6 nitrogen and oxygen atoms in total. The molecule has 2 N–H and O–H groups in total. The third-order valence-electron chi connectivity index (χ3n) is 3.96. The van der Waals surface area contributed by atoms with E-state index < -0.39 is 0 Å². The van der Waals surface area contributed by atoms with Crippen LogP contribution in [0.3, 0.4) is 0 Å². The second-order valence-electron chi connectivity index (χ2n) is 5.99. The fraction of sp³-hybridized carbons (Fsp3) is 0.200. The van der Waals surface area contributed by atoms with E-state index in [9.17, 15) is 0 Å². The lowest BCUT2D eigenvalue weighted by Gasteiger charge is -2.14. The van der Waals surface area contributed by atoms with Gasteiger partial charge >= 0.3 is 0 Å². The van der Waals surface area contributed by atoms with Gasteiger partial charge in [-0.15, -0.1) is 0 Å². The summed E-state index contributed by atoms with van der Waals surface area (Å²) in [5, 5.41) is 7.21. The van der Waals surface area contributed by atoms with Crippen molar-refractivity contribution in [3.8, 4) is 11.5 Å². The zero-order chi connectivity index (χ0) is 19.4. The number of aromatic nitrogens is 2. The lowest BCUT2D eigenvalue weighted by atomic mass is 10.2. The number of hydrogen-bond acceptors (Lipinski definition) is 6. The molecule has 0 aliphatic heterocycles. The van der Waals surface area contributed by atoms with Gasteiger partial charge in [-0.25, -0.2) is 4.98 Å². The minimum absolute atomic E-state index is 0.454. The molecule has 0 bridgehead atoms. The fourth-order valence-electron chi connectivity index (χ4n) is 2.63. The van der Waals surface area contributed by atoms with Crippen molar-refractivity contribution in [1.82, 2.24) is 9.97 Å². The molecule has 27 heavy (non-hydrogen) atoms. The van der Waals surface area contributed by atoms with Crippen molar-refractivity contribution < 1.29 is 9.47 Å². The molecule has 0 spiro atoms. The SMILES string of the molecule is COc1ccc(OC)c(Nc2nc(C)cc(Nc3ccc(Cl)cc3C)n2)c1. The van der Waals surface area contributed by atoms with E-state index >= 15 is 0 Å². The van der Waals surface area contributed by atoms with Crippen molar-refractivity contribution in [2.75, 3.05) is 24.9 Å². The summed E-state index contributed by atoms with van der Waals surface area (Å²) in [7, 11) is 3.23. The highest BCUT2D eigenvalue weighted by Crippen LogP contribution is 2.31. The predicted molar refractivity (Wildman–Crippen MR) is 109 cm³/mol. The molecule has 0 aliphatic carbocycles. The number of anilines is 4. The number of methoxy groups -OCH3 is 2. The lowest BCUT2D eigenvalue weighted by molar-refractivity contribution is 0.405. The molecule has 140 valence electrons. The highest BCUT2D eigenvalue weighted by atomic mass is 35.5. The Balaban J connectivity index is 1.90. The van der Waals surface area contributed by atoms with E-state index in [1.54, 1.807) is 14.2 Å². The molecular formula is C20H21ClN4O2. The highest BCUT2D eigenvalue weighted by molar-refractivity contribution is 6.30. The van der Waals surface area contributed by atoms with Crippen LogP contribution >= 0.6 is 11.6 Å². The zero-order valence-electron chi connectivity index (χ0n) is 15.6. The van der Waals surface area contributed by atoms with E-state index in [-0.39, 0.29) is 0 Å². The molecule has 7 heteroatoms. The van der Waals surface area contributed by atoms with Crippen molar-refractivity contribution >= 4 is 34.7 Å². The number of halogens is 1. The van der Waals surface area contributed by atoms with Crippen LogP contribution in [0, 0.1) is 13.8 Å². The monoisotopic (exact) mass is 384 g/mol. The van der Waals surface area contributed by atoms with Crippen LogP contribution in [-0.2, 0) is 0 Å². The third kappa shape index (κ3) is 4.60. The first-order valence-corrected chi connectivity index (χ1v) is 8.74. The fourth-order valence-corrected chi connectivity index (χ4v) is 2.85. The maximum Gasteiger partial charge on any atom is 0.229 e. The molecule has 0 radical (unpaired) electrons. The summed E-state index contributed by atoms with van der Waals surface area (Å²) in [6, 6.07) is 13.0. The van der Waals surface area contributed by atoms with Gasteiger partial charge in [0.1, 0.15) is 17.3 Å². The van der Waals surface area contributed by atoms with E-state index in [1.807, 2.05) is 56.3 Å². The van der Waals surface area contributed by atoms with Gasteiger partial charge in [-0.05, 0) is 49.7 Å². The van der Waals surface area contributed by atoms with Crippen LogP contribution in [0.15, 0.2) is 42.5 Å². The van der Waals surface area contributed by atoms with E-state index in [1.165, 1.54) is 0 Å². The standard InChI is InChI=1S/C20H21ClN4O2/c1-12-9-14(21)5-7-16(12)23-19-10-13(2)22-20(25-19)24-17-11-15(26-3)6-8-18(17)27-4/h5-11H,1-4H3,(H2,22,23,24,25). The molecule has 0 atom stereocenters. The number of ether oxygens (including phenoxy) is 2. The van der Waals surface area contributed by atoms with Gasteiger partial charge < -0.3 is 20.1 Å². The molecule has 0 amide bonds. The molecule has 0 fully saturated rings. The van der Waals surface area contributed by atoms with Gasteiger partial charge in [-0.1, -0.05) is 11.6 Å². The first-order valence-electron chi connectivity index (χ1n) is 8.36. The minimum Gasteiger partial charge on any atom is -0.497 e. The van der Waals surface area contributed by atoms with Gasteiger partial charge in [0.2, 0.25) is 5.95 Å². The predicted octanol–water partition coefficient (Wildman–Crippen LogP) is 5.25. The quantitative estimate of drug-likeness (QED) is 0.604. The minimum atomic E-state index is 0.454. The van der Waals surface area contributed by atoms with Crippen molar-refractivity contribution in [1.29, 1.82) is 0 Å². The Morgan fingerprint density at radius 1 is 0.852 bits per heavy atom. The molecular weight excluding hydrogens is 364 g/mol. The van der Waals surface area contributed by atoms with Crippen LogP contribution in [0.2, 0.25) is 5.02 Å². The number of benzene rings is 2. The Bertz CT molecular complexity index is 963. The van der Waals surface area contributed by atoms with Crippen LogP contribution in [0.5, 0.6) is 11.5 Å². The molecule has 1 aromatic heterocycles. The second-order valence-corrected chi connectivity index (χ2v) is 6.43. The highest BCUT2D eigenvalue weighted by Gasteiger charge is 2.09. The first-order chi connectivity index (χ1) is 13.0. The molecule has 2 aromatic carbocycles. The van der Waals surface area contributed by atoms with Crippen molar-refractivity contribution in [3.05, 3.63) is 58.7 Å². The van der Waals surface area contributed by atoms with Crippen LogP contribution in [0.4, 0.5) is 23.1 Å². The molecule has 1 heterocycles. The third-order valence-corrected chi connectivity index (χ3v) is 4.19. The average Bonchev–Trinajstić information content (AvgIpc) is 2.63. The summed E-state index contributed by atoms with van der Waals surface area (Å²) in [6.45, 7) is 3.90. The van der Waals surface area contributed by atoms with Crippen LogP contribution in [-0.4, -0.2) is 24.2 Å². The molecule has 0 saturated carbocycles. The van der Waals surface area contributed by atoms with Crippen molar-refractivity contribution in [2.45, 2.75) is 13.8 Å². The van der Waals surface area contributed by atoms with Gasteiger partial charge in [0.25, 0.3) is 0 Å². The summed E-state index contributed by atoms with van der Waals surface area (Å²) in [5.41, 5.74) is 3.50. The molecule has 0 aliphatic rings. The van der Waals surface area contributed by atoms with E-state index in [2.05, 4.69) is 20.6 Å². The Labute approximate surface area is 163 Å². The van der Waals surface area contributed by atoms with Gasteiger partial charge in [0.05, 0.1) is 19.9 Å². The number of rotatable bonds is 6. The Hall–Kier alpha value is -2.99. The van der Waals surface area contributed by atoms with Crippen LogP contribution < -0.4 is 20.1 Å². The zero-order valence-corrected chi connectivity index (χ0v) is 16.4. The summed E-state index contributed by atoms with van der Waals surface area (Å²) < 4.78 is 10.7. The van der Waals surface area contributed by atoms with Gasteiger partial charge in [-0.3, -0.25) is 0 Å². The first kappa shape index (κ1) is 18.8. The summed E-state index contributed by atoms with van der Waals surface area (Å²) in [4.78, 5) is 9.01. The number of aryl methyl sites for hydroxylation is 2. The maximum absolute atomic E-state index is 6.03. The summed E-state index contributed by atoms with van der Waals surface area (Å²) in [5.74, 6) is 2.51. The van der Waals surface area contributed by atoms with E-state index in [0.717, 1.165) is 22.6 Å². The topological polar surface area (TPSA) is 68.3 Å². The molecule has 3 rings (SSSR count). The van der Waals surface area contributed by atoms with Crippen LogP contribution in [0.1, 0.15) is 11.3 Å². The lowest BCUT2D eigenvalue weighted by Crippen LogP contribution is -2.04. The number of nitrogens with zero attached hydrogens (tertiary/aromatic N) is 2. The normalized spacial score (nSPS) is 10.4. The average molecular weight is 385 g/mol. The van der Waals surface area contributed by atoms with E-state index in [0.29, 0.717) is 28.3 Å². The van der Waals surface area contributed by atoms with Gasteiger partial charge in [0.15, 0.2) is 0 Å².